The maximum absolute atomic E-state index is 12.9. The Kier molecular flexibility index (Phi) is 5.24. The summed E-state index contributed by atoms with van der Waals surface area (Å²) in [7, 11) is -3.58. The Morgan fingerprint density at radius 2 is 1.69 bits per heavy atom. The molecule has 0 bridgehead atoms. The van der Waals surface area contributed by atoms with Gasteiger partial charge in [-0.1, -0.05) is 5.16 Å². The molecule has 2 aromatic rings. The van der Waals surface area contributed by atoms with Crippen LogP contribution in [0.1, 0.15) is 25.3 Å². The third-order valence-corrected chi connectivity index (χ3v) is 6.52. The number of hydrogen-bond donors (Lipinski definition) is 0. The van der Waals surface area contributed by atoms with Gasteiger partial charge in [0.1, 0.15) is 16.3 Å². The Morgan fingerprint density at radius 1 is 1.08 bits per heavy atom. The first-order chi connectivity index (χ1) is 12.3. The molecule has 142 valence electrons. The zero-order chi connectivity index (χ0) is 18.9. The van der Waals surface area contributed by atoms with Crippen molar-refractivity contribution in [2.24, 2.45) is 0 Å². The van der Waals surface area contributed by atoms with Crippen molar-refractivity contribution in [3.8, 4) is 5.75 Å². The summed E-state index contributed by atoms with van der Waals surface area (Å²) in [5, 5.41) is 3.77. The molecule has 1 aromatic heterocycles. The third kappa shape index (κ3) is 3.71. The zero-order valence-corrected chi connectivity index (χ0v) is 16.4. The second kappa shape index (κ2) is 7.28. The highest BCUT2D eigenvalue weighted by Gasteiger charge is 2.33. The normalized spacial score (nSPS) is 16.3. The van der Waals surface area contributed by atoms with Crippen LogP contribution in [0, 0.1) is 13.8 Å². The average Bonchev–Trinajstić information content (AvgIpc) is 2.94. The average molecular weight is 379 g/mol. The minimum Gasteiger partial charge on any atom is -0.491 e. The topological polar surface area (TPSA) is 75.9 Å². The summed E-state index contributed by atoms with van der Waals surface area (Å²) in [6, 6.07) is 7.91. The number of aromatic nitrogens is 1. The van der Waals surface area contributed by atoms with E-state index in [2.05, 4.69) is 10.1 Å². The molecule has 1 fully saturated rings. The number of hydrogen-bond acceptors (Lipinski definition) is 6. The second-order valence-electron chi connectivity index (χ2n) is 6.70. The molecule has 0 N–H and O–H groups in total. The van der Waals surface area contributed by atoms with Crippen molar-refractivity contribution >= 4 is 15.7 Å². The highest BCUT2D eigenvalue weighted by atomic mass is 32.2. The Morgan fingerprint density at radius 3 is 2.19 bits per heavy atom. The van der Waals surface area contributed by atoms with E-state index in [-0.39, 0.29) is 11.0 Å². The fraction of sp³-hybridized carbons (Fsp3) is 0.500. The lowest BCUT2D eigenvalue weighted by Gasteiger charge is -2.35. The summed E-state index contributed by atoms with van der Waals surface area (Å²) >= 11 is 0. The molecule has 26 heavy (non-hydrogen) atoms. The second-order valence-corrected chi connectivity index (χ2v) is 8.58. The van der Waals surface area contributed by atoms with Gasteiger partial charge in [-0.25, -0.2) is 8.42 Å². The van der Waals surface area contributed by atoms with Gasteiger partial charge in [0.2, 0.25) is 10.0 Å². The van der Waals surface area contributed by atoms with Crippen molar-refractivity contribution in [1.29, 1.82) is 0 Å². The number of rotatable bonds is 5. The minimum absolute atomic E-state index is 0.138. The fourth-order valence-electron chi connectivity index (χ4n) is 3.17. The molecule has 0 amide bonds. The van der Waals surface area contributed by atoms with Crippen LogP contribution in [0.2, 0.25) is 0 Å². The minimum atomic E-state index is -3.58. The Balaban J connectivity index is 1.67. The summed E-state index contributed by atoms with van der Waals surface area (Å²) in [4.78, 5) is 2.37. The Bertz CT molecular complexity index is 832. The first-order valence-electron chi connectivity index (χ1n) is 8.73. The monoisotopic (exact) mass is 379 g/mol. The first-order valence-corrected chi connectivity index (χ1v) is 10.2. The van der Waals surface area contributed by atoms with Crippen LogP contribution in [0.25, 0.3) is 0 Å². The number of sulfonamides is 1. The van der Waals surface area contributed by atoms with Gasteiger partial charge in [-0.3, -0.25) is 0 Å². The predicted octanol–water partition coefficient (Wildman–Crippen LogP) is 2.59. The summed E-state index contributed by atoms with van der Waals surface area (Å²) < 4.78 is 37.9. The number of nitrogens with zero attached hydrogens (tertiary/aromatic N) is 3. The van der Waals surface area contributed by atoms with Gasteiger partial charge >= 0.3 is 0 Å². The van der Waals surface area contributed by atoms with Crippen LogP contribution < -0.4 is 9.64 Å². The highest BCUT2D eigenvalue weighted by molar-refractivity contribution is 7.89. The van der Waals surface area contributed by atoms with Crippen LogP contribution in [0.4, 0.5) is 5.69 Å². The van der Waals surface area contributed by atoms with E-state index >= 15 is 0 Å². The van der Waals surface area contributed by atoms with Crippen LogP contribution in [-0.4, -0.2) is 50.2 Å². The molecule has 1 aliphatic rings. The highest BCUT2D eigenvalue weighted by Crippen LogP contribution is 2.26. The van der Waals surface area contributed by atoms with Crippen LogP contribution in [0.15, 0.2) is 33.7 Å². The van der Waals surface area contributed by atoms with Gasteiger partial charge in [-0.2, -0.15) is 4.31 Å². The van der Waals surface area contributed by atoms with Crippen molar-refractivity contribution in [3.63, 3.8) is 0 Å². The van der Waals surface area contributed by atoms with Crippen molar-refractivity contribution < 1.29 is 17.7 Å². The molecule has 1 aromatic carbocycles. The van der Waals surface area contributed by atoms with Gasteiger partial charge < -0.3 is 14.2 Å². The fourth-order valence-corrected chi connectivity index (χ4v) is 4.88. The molecular formula is C18H25N3O4S. The van der Waals surface area contributed by atoms with E-state index < -0.39 is 10.0 Å². The molecular weight excluding hydrogens is 354 g/mol. The van der Waals surface area contributed by atoms with Gasteiger partial charge in [0.25, 0.3) is 0 Å². The number of piperazine rings is 1. The first kappa shape index (κ1) is 18.7. The molecule has 0 saturated carbocycles. The van der Waals surface area contributed by atoms with Gasteiger partial charge in [0.15, 0.2) is 5.76 Å². The molecule has 0 atom stereocenters. The maximum Gasteiger partial charge on any atom is 0.248 e. The number of aryl methyl sites for hydroxylation is 2. The van der Waals surface area contributed by atoms with Gasteiger partial charge in [-0.15, -0.1) is 0 Å². The lowest BCUT2D eigenvalue weighted by molar-refractivity contribution is 0.242. The maximum atomic E-state index is 12.9. The van der Waals surface area contributed by atoms with Crippen LogP contribution in [0.3, 0.4) is 0 Å². The molecule has 0 aliphatic carbocycles. The Labute approximate surface area is 154 Å². The van der Waals surface area contributed by atoms with E-state index in [0.29, 0.717) is 37.6 Å². The van der Waals surface area contributed by atoms with E-state index in [4.69, 9.17) is 9.26 Å². The van der Waals surface area contributed by atoms with Gasteiger partial charge in [0, 0.05) is 31.9 Å². The summed E-state index contributed by atoms with van der Waals surface area (Å²) in [6.07, 6.45) is 0.138. The van der Waals surface area contributed by atoms with E-state index in [0.717, 1.165) is 11.4 Å². The number of ether oxygens (including phenoxy) is 1. The van der Waals surface area contributed by atoms with Crippen LogP contribution in [0.5, 0.6) is 5.75 Å². The molecule has 3 rings (SSSR count). The summed E-state index contributed by atoms with van der Waals surface area (Å²) in [5.41, 5.74) is 1.47. The number of anilines is 1. The largest absolute Gasteiger partial charge is 0.491 e. The van der Waals surface area contributed by atoms with Crippen molar-refractivity contribution in [3.05, 3.63) is 35.7 Å². The third-order valence-electron chi connectivity index (χ3n) is 4.38. The van der Waals surface area contributed by atoms with E-state index in [9.17, 15) is 8.42 Å². The molecule has 7 nitrogen and oxygen atoms in total. The number of benzene rings is 1. The van der Waals surface area contributed by atoms with Crippen molar-refractivity contribution in [2.45, 2.75) is 38.7 Å². The standard InChI is InChI=1S/C18H25N3O4S/c1-13(2)24-17-7-5-16(6-8-17)20-9-11-21(12-10-20)26(22,23)18-14(3)19-25-15(18)4/h5-8,13H,9-12H2,1-4H3. The summed E-state index contributed by atoms with van der Waals surface area (Å²) in [6.45, 7) is 9.39. The smallest absolute Gasteiger partial charge is 0.248 e. The molecule has 1 aliphatic heterocycles. The quantitative estimate of drug-likeness (QED) is 0.795. The lowest BCUT2D eigenvalue weighted by atomic mass is 10.2. The van der Waals surface area contributed by atoms with Crippen LogP contribution >= 0.6 is 0 Å². The van der Waals surface area contributed by atoms with Gasteiger partial charge in [-0.05, 0) is 52.0 Å². The SMILES string of the molecule is Cc1noc(C)c1S(=O)(=O)N1CCN(c2ccc(OC(C)C)cc2)CC1. The molecule has 0 unspecified atom stereocenters. The lowest BCUT2D eigenvalue weighted by Crippen LogP contribution is -2.48. The van der Waals surface area contributed by atoms with Crippen molar-refractivity contribution in [1.82, 2.24) is 9.46 Å². The molecule has 2 heterocycles. The van der Waals surface area contributed by atoms with Crippen LogP contribution in [-0.2, 0) is 10.0 Å². The molecule has 0 radical (unpaired) electrons. The molecule has 8 heteroatoms. The summed E-state index contributed by atoms with van der Waals surface area (Å²) in [5.74, 6) is 1.18. The van der Waals surface area contributed by atoms with E-state index in [1.165, 1.54) is 4.31 Å². The van der Waals surface area contributed by atoms with E-state index in [1.807, 2.05) is 38.1 Å². The van der Waals surface area contributed by atoms with Crippen molar-refractivity contribution in [2.75, 3.05) is 31.1 Å². The van der Waals surface area contributed by atoms with E-state index in [1.54, 1.807) is 13.8 Å². The molecule has 1 saturated heterocycles. The Hall–Kier alpha value is -2.06. The zero-order valence-electron chi connectivity index (χ0n) is 15.6. The molecule has 0 spiro atoms. The predicted molar refractivity (Wildman–Crippen MR) is 99.2 cm³/mol. The van der Waals surface area contributed by atoms with Gasteiger partial charge in [0.05, 0.1) is 6.10 Å².